The van der Waals surface area contributed by atoms with Crippen LogP contribution in [0.3, 0.4) is 0 Å². The fourth-order valence-corrected chi connectivity index (χ4v) is 4.37. The van der Waals surface area contributed by atoms with Crippen LogP contribution in [0, 0.1) is 0 Å². The van der Waals surface area contributed by atoms with Gasteiger partial charge in [-0.25, -0.2) is 4.39 Å². The Morgan fingerprint density at radius 1 is 1.12 bits per heavy atom. The maximum Gasteiger partial charge on any atom is 0.261 e. The molecule has 2 aliphatic rings. The van der Waals surface area contributed by atoms with Gasteiger partial charge in [0.2, 0.25) is 11.8 Å². The molecule has 1 aliphatic heterocycles. The van der Waals surface area contributed by atoms with Gasteiger partial charge in [0.15, 0.2) is 0 Å². The van der Waals surface area contributed by atoms with Crippen LogP contribution in [0.15, 0.2) is 82.9 Å². The number of allylic oxidation sites excluding steroid dienone is 8. The topological polar surface area (TPSA) is 85.0 Å². The summed E-state index contributed by atoms with van der Waals surface area (Å²) in [6.07, 6.45) is 16.5. The Balaban J connectivity index is 2.87. The summed E-state index contributed by atoms with van der Waals surface area (Å²) in [6.45, 7) is 12.4. The zero-order chi connectivity index (χ0) is 30.0. The standard InChI is InChI=1S/C31H44FN5O3/c1-9-13-16-25(19-21(5)33-22(6)38)36-20-37(24-17-18-24)31(40)29(28(36)12-4)30(35(8)23(7)39)34-27(15-11-3)26(32)14-10-2/h10-16,19,21,24,34H,9,17-18,20H2,1-8H3,(H,33,38)/b14-10+,15-11-,16-13-,25-19+,27-26-,28-12-,30-29+/t21-/m0/s1. The Kier molecular flexibility index (Phi) is 12.2. The van der Waals surface area contributed by atoms with Gasteiger partial charge in [-0.2, -0.15) is 0 Å². The molecule has 1 saturated carbocycles. The van der Waals surface area contributed by atoms with Crippen molar-refractivity contribution in [1.29, 1.82) is 0 Å². The summed E-state index contributed by atoms with van der Waals surface area (Å²) >= 11 is 0. The summed E-state index contributed by atoms with van der Waals surface area (Å²) in [5.74, 6) is -1.05. The van der Waals surface area contributed by atoms with Crippen LogP contribution in [0.1, 0.15) is 67.7 Å². The third kappa shape index (κ3) is 8.31. The minimum absolute atomic E-state index is 0.0711. The van der Waals surface area contributed by atoms with Gasteiger partial charge in [0.25, 0.3) is 5.91 Å². The third-order valence-corrected chi connectivity index (χ3v) is 6.47. The Labute approximate surface area is 238 Å². The number of hydrogen-bond donors (Lipinski definition) is 2. The molecule has 8 nitrogen and oxygen atoms in total. The van der Waals surface area contributed by atoms with Crippen LogP contribution in [-0.4, -0.2) is 58.2 Å². The summed E-state index contributed by atoms with van der Waals surface area (Å²) in [5, 5.41) is 5.97. The van der Waals surface area contributed by atoms with Crippen LogP contribution in [0.5, 0.6) is 0 Å². The van der Waals surface area contributed by atoms with E-state index in [0.29, 0.717) is 12.4 Å². The number of hydrogen-bond acceptors (Lipinski definition) is 5. The molecular weight excluding hydrogens is 509 g/mol. The van der Waals surface area contributed by atoms with Crippen molar-refractivity contribution in [2.45, 2.75) is 79.8 Å². The molecule has 9 heteroatoms. The van der Waals surface area contributed by atoms with E-state index in [4.69, 9.17) is 0 Å². The van der Waals surface area contributed by atoms with E-state index in [1.165, 1.54) is 24.8 Å². The monoisotopic (exact) mass is 553 g/mol. The largest absolute Gasteiger partial charge is 0.350 e. The number of nitrogens with one attached hydrogen (secondary N) is 2. The Hall–Kier alpha value is -3.88. The fourth-order valence-electron chi connectivity index (χ4n) is 4.37. The molecule has 0 bridgehead atoms. The van der Waals surface area contributed by atoms with Crippen molar-refractivity contribution < 1.29 is 18.8 Å². The van der Waals surface area contributed by atoms with E-state index in [1.807, 2.05) is 50.0 Å². The number of amides is 3. The molecule has 218 valence electrons. The molecular formula is C31H44FN5O3. The second-order valence-corrected chi connectivity index (χ2v) is 9.83. The van der Waals surface area contributed by atoms with Gasteiger partial charge in [0, 0.05) is 38.7 Å². The molecule has 2 N–H and O–H groups in total. The lowest BCUT2D eigenvalue weighted by atomic mass is 10.0. The zero-order valence-electron chi connectivity index (χ0n) is 25.0. The van der Waals surface area contributed by atoms with E-state index in [9.17, 15) is 14.4 Å². The second kappa shape index (κ2) is 15.1. The second-order valence-electron chi connectivity index (χ2n) is 9.83. The maximum atomic E-state index is 15.1. The highest BCUT2D eigenvalue weighted by Crippen LogP contribution is 2.37. The van der Waals surface area contributed by atoms with Gasteiger partial charge < -0.3 is 25.3 Å². The molecule has 0 aromatic rings. The minimum Gasteiger partial charge on any atom is -0.350 e. The molecule has 3 amide bonds. The van der Waals surface area contributed by atoms with Crippen molar-refractivity contribution >= 4 is 17.7 Å². The van der Waals surface area contributed by atoms with Crippen molar-refractivity contribution in [2.75, 3.05) is 13.7 Å². The number of nitrogens with zero attached hydrogens (tertiary/aromatic N) is 3. The smallest absolute Gasteiger partial charge is 0.261 e. The average Bonchev–Trinajstić information content (AvgIpc) is 3.73. The van der Waals surface area contributed by atoms with E-state index in [1.54, 1.807) is 44.0 Å². The molecule has 1 atom stereocenters. The molecule has 0 aromatic carbocycles. The lowest BCUT2D eigenvalue weighted by Crippen LogP contribution is -2.51. The zero-order valence-corrected chi connectivity index (χ0v) is 25.0. The molecule has 2 rings (SSSR count). The summed E-state index contributed by atoms with van der Waals surface area (Å²) in [7, 11) is 1.56. The quantitative estimate of drug-likeness (QED) is 0.273. The van der Waals surface area contributed by atoms with E-state index in [-0.39, 0.29) is 46.9 Å². The first-order valence-electron chi connectivity index (χ1n) is 13.8. The first kappa shape index (κ1) is 32.3. The highest BCUT2D eigenvalue weighted by atomic mass is 19.1. The van der Waals surface area contributed by atoms with Gasteiger partial charge in [-0.15, -0.1) is 0 Å². The van der Waals surface area contributed by atoms with Gasteiger partial charge in [0.1, 0.15) is 17.2 Å². The van der Waals surface area contributed by atoms with Gasteiger partial charge >= 0.3 is 0 Å². The van der Waals surface area contributed by atoms with E-state index < -0.39 is 5.83 Å². The summed E-state index contributed by atoms with van der Waals surface area (Å²) in [6, 6.07) is -0.204. The molecule has 40 heavy (non-hydrogen) atoms. The maximum absolute atomic E-state index is 15.1. The third-order valence-electron chi connectivity index (χ3n) is 6.47. The molecule has 2 fully saturated rings. The number of halogens is 1. The van der Waals surface area contributed by atoms with E-state index in [0.717, 1.165) is 25.0 Å². The average molecular weight is 554 g/mol. The molecule has 1 heterocycles. The first-order chi connectivity index (χ1) is 19.0. The molecule has 1 aliphatic carbocycles. The van der Waals surface area contributed by atoms with E-state index >= 15 is 4.39 Å². The van der Waals surface area contributed by atoms with Gasteiger partial charge in [0.05, 0.1) is 18.1 Å². The Morgan fingerprint density at radius 3 is 2.27 bits per heavy atom. The lowest BCUT2D eigenvalue weighted by Gasteiger charge is -2.42. The normalized spacial score (nSPS) is 20.5. The highest BCUT2D eigenvalue weighted by Gasteiger charge is 2.43. The van der Waals surface area contributed by atoms with Crippen LogP contribution < -0.4 is 10.6 Å². The highest BCUT2D eigenvalue weighted by molar-refractivity contribution is 6.00. The predicted octanol–water partition coefficient (Wildman–Crippen LogP) is 5.14. The van der Waals surface area contributed by atoms with Crippen molar-refractivity contribution in [3.63, 3.8) is 0 Å². The fraction of sp³-hybridized carbons (Fsp3) is 0.452. The number of carbonyl (C=O) groups is 3. The van der Waals surface area contributed by atoms with Crippen molar-refractivity contribution in [3.8, 4) is 0 Å². The number of carbonyl (C=O) groups excluding carboxylic acids is 3. The van der Waals surface area contributed by atoms with Gasteiger partial charge in [-0.3, -0.25) is 14.4 Å². The van der Waals surface area contributed by atoms with Crippen LogP contribution >= 0.6 is 0 Å². The number of rotatable bonds is 11. The van der Waals surface area contributed by atoms with Crippen molar-refractivity contribution in [2.24, 2.45) is 0 Å². The van der Waals surface area contributed by atoms with E-state index in [2.05, 4.69) is 10.6 Å². The van der Waals surface area contributed by atoms with Crippen LogP contribution in [0.25, 0.3) is 0 Å². The minimum atomic E-state index is -0.535. The molecule has 0 unspecified atom stereocenters. The lowest BCUT2D eigenvalue weighted by molar-refractivity contribution is -0.131. The molecule has 0 spiro atoms. The van der Waals surface area contributed by atoms with Crippen molar-refractivity contribution in [3.05, 3.63) is 82.9 Å². The van der Waals surface area contributed by atoms with Crippen LogP contribution in [0.4, 0.5) is 4.39 Å². The van der Waals surface area contributed by atoms with Gasteiger partial charge in [-0.1, -0.05) is 31.2 Å². The van der Waals surface area contributed by atoms with Crippen molar-refractivity contribution in [1.82, 2.24) is 25.3 Å². The SMILES string of the molecule is C\C=C/C(N/C(=C1\C(=O)N(C2CC2)CN(C(/C=C\CC)=C/[C@H](C)NC(C)=O)\C1=C/C)N(C)C(C)=O)=C(F)\C=C\C. The molecule has 1 saturated heterocycles. The van der Waals surface area contributed by atoms with Gasteiger partial charge in [-0.05, 0) is 71.3 Å². The molecule has 0 aromatic heterocycles. The Bertz CT molecular complexity index is 1190. The molecule has 0 radical (unpaired) electrons. The Morgan fingerprint density at radius 2 is 1.77 bits per heavy atom. The summed E-state index contributed by atoms with van der Waals surface area (Å²) in [5.41, 5.74) is 1.75. The van der Waals surface area contributed by atoms with Crippen LogP contribution in [0.2, 0.25) is 0 Å². The summed E-state index contributed by atoms with van der Waals surface area (Å²) < 4.78 is 15.1. The predicted molar refractivity (Wildman–Crippen MR) is 157 cm³/mol. The van der Waals surface area contributed by atoms with Crippen LogP contribution in [-0.2, 0) is 14.4 Å². The summed E-state index contributed by atoms with van der Waals surface area (Å²) in [4.78, 5) is 43.7. The first-order valence-corrected chi connectivity index (χ1v) is 13.8.